The van der Waals surface area contributed by atoms with Crippen LogP contribution in [0.2, 0.25) is 5.15 Å². The maximum atomic E-state index is 11.7. The molecule has 0 unspecified atom stereocenters. The Hall–Kier alpha value is -1.36. The fraction of sp³-hybridized carbons (Fsp3) is 0.615. The number of nitrogens with zero attached hydrogens (tertiary/aromatic N) is 2. The van der Waals surface area contributed by atoms with Crippen molar-refractivity contribution in [2.75, 3.05) is 13.2 Å². The predicted molar refractivity (Wildman–Crippen MR) is 69.9 cm³/mol. The van der Waals surface area contributed by atoms with E-state index < -0.39 is 0 Å². The van der Waals surface area contributed by atoms with Crippen LogP contribution in [0.3, 0.4) is 0 Å². The molecule has 19 heavy (non-hydrogen) atoms. The molecule has 0 radical (unpaired) electrons. The van der Waals surface area contributed by atoms with Gasteiger partial charge in [-0.05, 0) is 18.3 Å². The first-order chi connectivity index (χ1) is 9.08. The van der Waals surface area contributed by atoms with Crippen molar-refractivity contribution in [3.05, 3.63) is 17.5 Å². The van der Waals surface area contributed by atoms with Gasteiger partial charge in [0.25, 0.3) is 0 Å². The average Bonchev–Trinajstić information content (AvgIpc) is 3.15. The fourth-order valence-electron chi connectivity index (χ4n) is 2.01. The Morgan fingerprint density at radius 1 is 1.47 bits per heavy atom. The Morgan fingerprint density at radius 3 is 2.89 bits per heavy atom. The SMILES string of the molecule is CC(C)[C@@H]1C[C@H]1C(=O)OCCOc1cncc(Cl)n1. The lowest BCUT2D eigenvalue weighted by Crippen LogP contribution is -2.15. The molecule has 1 aliphatic rings. The smallest absolute Gasteiger partial charge is 0.309 e. The van der Waals surface area contributed by atoms with Crippen molar-refractivity contribution in [3.63, 3.8) is 0 Å². The Kier molecular flexibility index (Phi) is 4.58. The molecule has 1 aromatic rings. The number of halogens is 1. The lowest BCUT2D eigenvalue weighted by Gasteiger charge is -2.07. The third-order valence-corrected chi connectivity index (χ3v) is 3.34. The molecule has 1 saturated carbocycles. The second-order valence-corrected chi connectivity index (χ2v) is 5.33. The average molecular weight is 285 g/mol. The van der Waals surface area contributed by atoms with Gasteiger partial charge < -0.3 is 9.47 Å². The minimum absolute atomic E-state index is 0.0750. The van der Waals surface area contributed by atoms with Gasteiger partial charge >= 0.3 is 5.97 Å². The van der Waals surface area contributed by atoms with Crippen molar-refractivity contribution < 1.29 is 14.3 Å². The fourth-order valence-corrected chi connectivity index (χ4v) is 2.15. The largest absolute Gasteiger partial charge is 0.473 e. The zero-order valence-electron chi connectivity index (χ0n) is 11.0. The molecule has 0 aliphatic heterocycles. The molecule has 104 valence electrons. The summed E-state index contributed by atoms with van der Waals surface area (Å²) in [6.07, 6.45) is 3.83. The number of ether oxygens (including phenoxy) is 2. The lowest BCUT2D eigenvalue weighted by atomic mass is 10.1. The van der Waals surface area contributed by atoms with E-state index in [1.54, 1.807) is 0 Å². The highest BCUT2D eigenvalue weighted by molar-refractivity contribution is 6.29. The van der Waals surface area contributed by atoms with Gasteiger partial charge in [0.05, 0.1) is 18.3 Å². The molecule has 2 rings (SSSR count). The molecule has 2 atom stereocenters. The maximum absolute atomic E-state index is 11.7. The zero-order valence-corrected chi connectivity index (χ0v) is 11.8. The van der Waals surface area contributed by atoms with Crippen LogP contribution >= 0.6 is 11.6 Å². The van der Waals surface area contributed by atoms with Crippen LogP contribution < -0.4 is 4.74 Å². The summed E-state index contributed by atoms with van der Waals surface area (Å²) >= 11 is 5.66. The molecule has 0 amide bonds. The predicted octanol–water partition coefficient (Wildman–Crippen LogP) is 2.34. The van der Waals surface area contributed by atoms with Crippen LogP contribution in [0.15, 0.2) is 12.4 Å². The van der Waals surface area contributed by atoms with Gasteiger partial charge in [-0.25, -0.2) is 0 Å². The first-order valence-electron chi connectivity index (χ1n) is 6.35. The van der Waals surface area contributed by atoms with Crippen LogP contribution in [0.25, 0.3) is 0 Å². The summed E-state index contributed by atoms with van der Waals surface area (Å²) in [7, 11) is 0. The summed E-state index contributed by atoms with van der Waals surface area (Å²) in [5, 5.41) is 0.271. The van der Waals surface area contributed by atoms with Gasteiger partial charge in [-0.2, -0.15) is 4.98 Å². The number of hydrogen-bond acceptors (Lipinski definition) is 5. The van der Waals surface area contributed by atoms with Crippen molar-refractivity contribution >= 4 is 17.6 Å². The lowest BCUT2D eigenvalue weighted by molar-refractivity contribution is -0.146. The number of hydrogen-bond donors (Lipinski definition) is 0. The van der Waals surface area contributed by atoms with E-state index in [1.165, 1.54) is 12.4 Å². The van der Waals surface area contributed by atoms with Crippen molar-refractivity contribution in [2.24, 2.45) is 17.8 Å². The molecule has 1 aromatic heterocycles. The third kappa shape index (κ3) is 4.06. The molecule has 1 aliphatic carbocycles. The van der Waals surface area contributed by atoms with Crippen molar-refractivity contribution in [1.82, 2.24) is 9.97 Å². The number of rotatable bonds is 6. The first kappa shape index (κ1) is 14.1. The first-order valence-corrected chi connectivity index (χ1v) is 6.72. The van der Waals surface area contributed by atoms with Crippen LogP contribution in [0.1, 0.15) is 20.3 Å². The van der Waals surface area contributed by atoms with Crippen molar-refractivity contribution in [1.29, 1.82) is 0 Å². The van der Waals surface area contributed by atoms with Gasteiger partial charge in [0.1, 0.15) is 13.2 Å². The van der Waals surface area contributed by atoms with Crippen LogP contribution in [0.4, 0.5) is 0 Å². The topological polar surface area (TPSA) is 61.3 Å². The molecular weight excluding hydrogens is 268 g/mol. The van der Waals surface area contributed by atoms with Gasteiger partial charge in [-0.1, -0.05) is 25.4 Å². The molecule has 5 nitrogen and oxygen atoms in total. The molecular formula is C13H17ClN2O3. The van der Waals surface area contributed by atoms with Crippen LogP contribution in [0.5, 0.6) is 5.88 Å². The normalized spacial score (nSPS) is 21.3. The quantitative estimate of drug-likeness (QED) is 0.593. The standard InChI is InChI=1S/C13H17ClN2O3/c1-8(2)9-5-10(9)13(17)19-4-3-18-12-7-15-6-11(14)16-12/h6-10H,3-5H2,1-2H3/t9-,10+/m0/s1. The van der Waals surface area contributed by atoms with Gasteiger partial charge in [0, 0.05) is 0 Å². The number of esters is 1. The van der Waals surface area contributed by atoms with Crippen molar-refractivity contribution in [2.45, 2.75) is 20.3 Å². The summed E-state index contributed by atoms with van der Waals surface area (Å²) in [4.78, 5) is 19.4. The van der Waals surface area contributed by atoms with Gasteiger partial charge in [0.2, 0.25) is 5.88 Å². The second-order valence-electron chi connectivity index (χ2n) is 4.95. The van der Waals surface area contributed by atoms with Gasteiger partial charge in [0.15, 0.2) is 5.15 Å². The monoisotopic (exact) mass is 284 g/mol. The Morgan fingerprint density at radius 2 is 2.26 bits per heavy atom. The van der Waals surface area contributed by atoms with Gasteiger partial charge in [-0.3, -0.25) is 9.78 Å². The van der Waals surface area contributed by atoms with Crippen molar-refractivity contribution in [3.8, 4) is 5.88 Å². The molecule has 1 fully saturated rings. The van der Waals surface area contributed by atoms with E-state index in [0.29, 0.717) is 17.7 Å². The molecule has 0 bridgehead atoms. The Labute approximate surface area is 117 Å². The molecule has 0 N–H and O–H groups in total. The Bertz CT molecular complexity index is 453. The molecule has 0 saturated heterocycles. The van der Waals surface area contributed by atoms with E-state index >= 15 is 0 Å². The van der Waals surface area contributed by atoms with Crippen LogP contribution in [-0.4, -0.2) is 29.2 Å². The highest BCUT2D eigenvalue weighted by atomic mass is 35.5. The third-order valence-electron chi connectivity index (χ3n) is 3.16. The summed E-state index contributed by atoms with van der Waals surface area (Å²) in [5.74, 6) is 1.29. The maximum Gasteiger partial charge on any atom is 0.309 e. The van der Waals surface area contributed by atoms with E-state index in [0.717, 1.165) is 6.42 Å². The summed E-state index contributed by atoms with van der Waals surface area (Å²) in [5.41, 5.74) is 0. The van der Waals surface area contributed by atoms with E-state index in [-0.39, 0.29) is 30.3 Å². The van der Waals surface area contributed by atoms with E-state index in [2.05, 4.69) is 23.8 Å². The molecule has 1 heterocycles. The summed E-state index contributed by atoms with van der Waals surface area (Å²) < 4.78 is 10.4. The van der Waals surface area contributed by atoms with E-state index in [9.17, 15) is 4.79 Å². The van der Waals surface area contributed by atoms with E-state index in [4.69, 9.17) is 21.1 Å². The zero-order chi connectivity index (χ0) is 13.8. The van der Waals surface area contributed by atoms with Gasteiger partial charge in [-0.15, -0.1) is 0 Å². The minimum Gasteiger partial charge on any atom is -0.473 e. The molecule has 6 heteroatoms. The summed E-state index contributed by atoms with van der Waals surface area (Å²) in [6.45, 7) is 4.71. The molecule has 0 spiro atoms. The highest BCUT2D eigenvalue weighted by Gasteiger charge is 2.45. The number of aromatic nitrogens is 2. The summed E-state index contributed by atoms with van der Waals surface area (Å²) in [6, 6.07) is 0. The van der Waals surface area contributed by atoms with Crippen LogP contribution in [-0.2, 0) is 9.53 Å². The number of carbonyl (C=O) groups excluding carboxylic acids is 1. The molecule has 0 aromatic carbocycles. The number of carbonyl (C=O) groups is 1. The Balaban J connectivity index is 1.64. The van der Waals surface area contributed by atoms with E-state index in [1.807, 2.05) is 0 Å². The van der Waals surface area contributed by atoms with Crippen LogP contribution in [0, 0.1) is 17.8 Å². The second kappa shape index (κ2) is 6.19. The highest BCUT2D eigenvalue weighted by Crippen LogP contribution is 2.44. The minimum atomic E-state index is -0.125.